The molecule has 1 fully saturated rings. The van der Waals surface area contributed by atoms with Gasteiger partial charge in [0.05, 0.1) is 19.8 Å². The van der Waals surface area contributed by atoms with Crippen LogP contribution < -0.4 is 9.64 Å². The van der Waals surface area contributed by atoms with Gasteiger partial charge in [-0.3, -0.25) is 4.90 Å². The second-order valence-electron chi connectivity index (χ2n) is 7.45. The minimum atomic E-state index is 0.336. The van der Waals surface area contributed by atoms with E-state index in [-0.39, 0.29) is 0 Å². The average Bonchev–Trinajstić information content (AvgIpc) is 2.73. The van der Waals surface area contributed by atoms with Crippen LogP contribution in [0.25, 0.3) is 0 Å². The summed E-state index contributed by atoms with van der Waals surface area (Å²) in [6.07, 6.45) is 2.42. The first kappa shape index (κ1) is 21.2. The minimum Gasteiger partial charge on any atom is -0.507 e. The fraction of sp³-hybridized carbons (Fsp3) is 0.417. The number of hydrogen-bond donors (Lipinski definition) is 1. The lowest BCUT2D eigenvalue weighted by atomic mass is 10.0. The number of ether oxygens (including phenoxy) is 2. The summed E-state index contributed by atoms with van der Waals surface area (Å²) >= 11 is 0. The first-order valence-electron chi connectivity index (χ1n) is 10.3. The number of anilines is 1. The van der Waals surface area contributed by atoms with E-state index < -0.39 is 0 Å². The number of aromatic hydroxyl groups is 1. The van der Waals surface area contributed by atoms with Crippen LogP contribution in [0.5, 0.6) is 11.5 Å². The smallest absolute Gasteiger partial charge is 0.123 e. The van der Waals surface area contributed by atoms with Gasteiger partial charge in [0, 0.05) is 43.0 Å². The maximum Gasteiger partial charge on any atom is 0.123 e. The maximum absolute atomic E-state index is 10.7. The molecule has 0 spiro atoms. The van der Waals surface area contributed by atoms with Crippen molar-refractivity contribution in [3.63, 3.8) is 0 Å². The summed E-state index contributed by atoms with van der Waals surface area (Å²) in [7, 11) is 2.07. The molecule has 0 aliphatic carbocycles. The molecule has 5 heteroatoms. The molecule has 2 aromatic rings. The number of allylic oxidation sites excluding steroid dienone is 1. The van der Waals surface area contributed by atoms with Gasteiger partial charge >= 0.3 is 0 Å². The van der Waals surface area contributed by atoms with E-state index in [4.69, 9.17) is 9.47 Å². The van der Waals surface area contributed by atoms with Crippen LogP contribution in [0.15, 0.2) is 49.1 Å². The Bertz CT molecular complexity index is 799. The van der Waals surface area contributed by atoms with Crippen molar-refractivity contribution in [2.45, 2.75) is 26.4 Å². The van der Waals surface area contributed by atoms with Gasteiger partial charge in [-0.05, 0) is 50.2 Å². The van der Waals surface area contributed by atoms with E-state index in [1.165, 1.54) is 11.3 Å². The van der Waals surface area contributed by atoms with Crippen molar-refractivity contribution in [1.29, 1.82) is 0 Å². The molecule has 29 heavy (non-hydrogen) atoms. The topological polar surface area (TPSA) is 45.2 Å². The summed E-state index contributed by atoms with van der Waals surface area (Å²) in [4.78, 5) is 4.56. The normalized spacial score (nSPS) is 14.2. The quantitative estimate of drug-likeness (QED) is 0.650. The van der Waals surface area contributed by atoms with Gasteiger partial charge in [0.2, 0.25) is 0 Å². The van der Waals surface area contributed by atoms with Crippen LogP contribution in [0.2, 0.25) is 0 Å². The van der Waals surface area contributed by atoms with Gasteiger partial charge in [-0.1, -0.05) is 18.2 Å². The number of nitrogens with zero attached hydrogens (tertiary/aromatic N) is 2. The molecule has 3 rings (SSSR count). The average molecular weight is 397 g/mol. The second-order valence-corrected chi connectivity index (χ2v) is 7.45. The summed E-state index contributed by atoms with van der Waals surface area (Å²) in [5.41, 5.74) is 4.22. The van der Waals surface area contributed by atoms with E-state index in [0.717, 1.165) is 49.7 Å². The second kappa shape index (κ2) is 10.3. The third-order valence-corrected chi connectivity index (χ3v) is 5.12. The first-order chi connectivity index (χ1) is 14.1. The van der Waals surface area contributed by atoms with Crippen LogP contribution >= 0.6 is 0 Å². The van der Waals surface area contributed by atoms with Crippen molar-refractivity contribution in [3.8, 4) is 11.5 Å². The number of rotatable bonds is 9. The molecule has 0 aromatic heterocycles. The Kier molecular flexibility index (Phi) is 7.55. The molecule has 0 saturated carbocycles. The fourth-order valence-electron chi connectivity index (χ4n) is 3.70. The van der Waals surface area contributed by atoms with Crippen molar-refractivity contribution in [1.82, 2.24) is 4.90 Å². The van der Waals surface area contributed by atoms with Crippen LogP contribution in [-0.2, 0) is 24.2 Å². The molecule has 1 aliphatic heterocycles. The predicted octanol–water partition coefficient (Wildman–Crippen LogP) is 3.99. The van der Waals surface area contributed by atoms with E-state index in [2.05, 4.69) is 47.7 Å². The Morgan fingerprint density at radius 1 is 1.14 bits per heavy atom. The number of phenolic OH excluding ortho intramolecular Hbond substituents is 1. The van der Waals surface area contributed by atoms with Crippen molar-refractivity contribution < 1.29 is 14.6 Å². The summed E-state index contributed by atoms with van der Waals surface area (Å²) < 4.78 is 11.1. The Morgan fingerprint density at radius 3 is 2.48 bits per heavy atom. The lowest BCUT2D eigenvalue weighted by molar-refractivity contribution is 0.122. The third-order valence-electron chi connectivity index (χ3n) is 5.12. The van der Waals surface area contributed by atoms with E-state index in [1.807, 2.05) is 19.1 Å². The molecule has 1 heterocycles. The highest BCUT2D eigenvalue weighted by Crippen LogP contribution is 2.30. The molecule has 0 atom stereocenters. The fourth-order valence-corrected chi connectivity index (χ4v) is 3.70. The molecule has 5 nitrogen and oxygen atoms in total. The number of hydrogen-bond acceptors (Lipinski definition) is 5. The molecule has 1 aliphatic rings. The van der Waals surface area contributed by atoms with Gasteiger partial charge in [0.25, 0.3) is 0 Å². The summed E-state index contributed by atoms with van der Waals surface area (Å²) in [6, 6.07) is 12.6. The van der Waals surface area contributed by atoms with E-state index in [1.54, 1.807) is 6.08 Å². The van der Waals surface area contributed by atoms with E-state index in [0.29, 0.717) is 25.3 Å². The number of benzene rings is 2. The standard InChI is InChI=1S/C24H32N2O3/c1-4-6-20-15-23(29-5-2)16-21(24(20)27)18-25(3)17-19-7-9-22(10-8-19)26-11-13-28-14-12-26/h4,7-10,15-16,27H,1,5-6,11-14,17-18H2,2-3H3. The molecular weight excluding hydrogens is 364 g/mol. The van der Waals surface area contributed by atoms with E-state index >= 15 is 0 Å². The lowest BCUT2D eigenvalue weighted by Gasteiger charge is -2.29. The van der Waals surface area contributed by atoms with Crippen LogP contribution in [0.3, 0.4) is 0 Å². The zero-order valence-corrected chi connectivity index (χ0v) is 17.6. The van der Waals surface area contributed by atoms with Crippen molar-refractivity contribution in [2.24, 2.45) is 0 Å². The van der Waals surface area contributed by atoms with Crippen molar-refractivity contribution in [2.75, 3.05) is 44.9 Å². The SMILES string of the molecule is C=CCc1cc(OCC)cc(CN(C)Cc2ccc(N3CCOCC3)cc2)c1O. The van der Waals surface area contributed by atoms with Gasteiger partial charge in [0.15, 0.2) is 0 Å². The minimum absolute atomic E-state index is 0.336. The Labute approximate surface area is 174 Å². The first-order valence-corrected chi connectivity index (χ1v) is 10.3. The predicted molar refractivity (Wildman–Crippen MR) is 118 cm³/mol. The van der Waals surface area contributed by atoms with E-state index in [9.17, 15) is 5.11 Å². The molecule has 1 N–H and O–H groups in total. The molecule has 1 saturated heterocycles. The van der Waals surface area contributed by atoms with Gasteiger partial charge < -0.3 is 19.5 Å². The molecule has 2 aromatic carbocycles. The summed E-state index contributed by atoms with van der Waals surface area (Å²) in [5.74, 6) is 1.13. The van der Waals surface area contributed by atoms with Gasteiger partial charge in [-0.2, -0.15) is 0 Å². The zero-order valence-electron chi connectivity index (χ0n) is 17.6. The molecule has 0 bridgehead atoms. The molecule has 156 valence electrons. The summed E-state index contributed by atoms with van der Waals surface area (Å²) in [6.45, 7) is 11.3. The van der Waals surface area contributed by atoms with Gasteiger partial charge in [-0.15, -0.1) is 6.58 Å². The molecular formula is C24H32N2O3. The van der Waals surface area contributed by atoms with Crippen LogP contribution in [0.1, 0.15) is 23.6 Å². The monoisotopic (exact) mass is 396 g/mol. The van der Waals surface area contributed by atoms with Crippen LogP contribution in [0, 0.1) is 0 Å². The maximum atomic E-state index is 10.7. The lowest BCUT2D eigenvalue weighted by Crippen LogP contribution is -2.36. The Balaban J connectivity index is 1.66. The zero-order chi connectivity index (χ0) is 20.6. The Morgan fingerprint density at radius 2 is 1.83 bits per heavy atom. The molecule has 0 radical (unpaired) electrons. The highest BCUT2D eigenvalue weighted by Gasteiger charge is 2.14. The van der Waals surface area contributed by atoms with Crippen LogP contribution in [0.4, 0.5) is 5.69 Å². The molecule has 0 amide bonds. The van der Waals surface area contributed by atoms with Crippen molar-refractivity contribution in [3.05, 3.63) is 65.7 Å². The largest absolute Gasteiger partial charge is 0.507 e. The number of phenols is 1. The van der Waals surface area contributed by atoms with Gasteiger partial charge in [-0.25, -0.2) is 0 Å². The number of morpholine rings is 1. The highest BCUT2D eigenvalue weighted by molar-refractivity contribution is 5.48. The summed E-state index contributed by atoms with van der Waals surface area (Å²) in [5, 5.41) is 10.7. The van der Waals surface area contributed by atoms with Gasteiger partial charge in [0.1, 0.15) is 11.5 Å². The van der Waals surface area contributed by atoms with Crippen molar-refractivity contribution >= 4 is 5.69 Å². The molecule has 0 unspecified atom stereocenters. The van der Waals surface area contributed by atoms with Crippen LogP contribution in [-0.4, -0.2) is 50.0 Å². The highest BCUT2D eigenvalue weighted by atomic mass is 16.5. The Hall–Kier alpha value is -2.50. The third kappa shape index (κ3) is 5.75.